The highest BCUT2D eigenvalue weighted by Gasteiger charge is 2.38. The number of rotatable bonds is 4. The van der Waals surface area contributed by atoms with Crippen molar-refractivity contribution in [2.75, 3.05) is 0 Å². The zero-order valence-electron chi connectivity index (χ0n) is 26.0. The van der Waals surface area contributed by atoms with Crippen molar-refractivity contribution in [2.45, 2.75) is 12.0 Å². The molecule has 0 radical (unpaired) electrons. The molecule has 2 aliphatic rings. The lowest BCUT2D eigenvalue weighted by molar-refractivity contribution is 0.271. The van der Waals surface area contributed by atoms with Crippen LogP contribution in [-0.4, -0.2) is 20.6 Å². The SMILES string of the molecule is C1=CC2Oc3cc(-n4c5ccccc5c5ccc(-c6ccccc6)cc54)ccc3C2C(c2nc(-c3ccccc3)nc3ccccc23)=C1. The fourth-order valence-corrected chi connectivity index (χ4v) is 7.58. The van der Waals surface area contributed by atoms with Crippen molar-refractivity contribution in [3.8, 4) is 34.0 Å². The average molecular weight is 616 g/mol. The molecule has 0 saturated carbocycles. The van der Waals surface area contributed by atoms with Gasteiger partial charge in [-0.1, -0.05) is 127 Å². The van der Waals surface area contributed by atoms with Crippen LogP contribution in [-0.2, 0) is 0 Å². The van der Waals surface area contributed by atoms with Crippen molar-refractivity contribution >= 4 is 38.3 Å². The van der Waals surface area contributed by atoms with E-state index >= 15 is 0 Å². The number of hydrogen-bond donors (Lipinski definition) is 0. The van der Waals surface area contributed by atoms with Gasteiger partial charge in [0.05, 0.1) is 28.2 Å². The lowest BCUT2D eigenvalue weighted by Gasteiger charge is -2.23. The van der Waals surface area contributed by atoms with Crippen LogP contribution in [0, 0.1) is 0 Å². The molecule has 226 valence electrons. The van der Waals surface area contributed by atoms with E-state index < -0.39 is 0 Å². The summed E-state index contributed by atoms with van der Waals surface area (Å²) in [6, 6.07) is 51.3. The van der Waals surface area contributed by atoms with Crippen LogP contribution in [0.3, 0.4) is 0 Å². The second kappa shape index (κ2) is 10.6. The predicted molar refractivity (Wildman–Crippen MR) is 195 cm³/mol. The molecule has 0 spiro atoms. The Hall–Kier alpha value is -6.26. The molecule has 0 saturated heterocycles. The number of benzene rings is 6. The third-order valence-electron chi connectivity index (χ3n) is 9.78. The molecule has 8 aromatic rings. The van der Waals surface area contributed by atoms with Crippen molar-refractivity contribution in [1.82, 2.24) is 14.5 Å². The van der Waals surface area contributed by atoms with Crippen LogP contribution in [0.25, 0.3) is 66.5 Å². The maximum atomic E-state index is 6.76. The van der Waals surface area contributed by atoms with Gasteiger partial charge in [0.25, 0.3) is 0 Å². The van der Waals surface area contributed by atoms with Gasteiger partial charge < -0.3 is 9.30 Å². The zero-order chi connectivity index (χ0) is 31.6. The second-order valence-electron chi connectivity index (χ2n) is 12.5. The molecule has 3 heterocycles. The molecule has 0 N–H and O–H groups in total. The van der Waals surface area contributed by atoms with Crippen LogP contribution in [0.1, 0.15) is 17.2 Å². The van der Waals surface area contributed by atoms with E-state index in [1.165, 1.54) is 38.5 Å². The van der Waals surface area contributed by atoms with Gasteiger partial charge in [-0.3, -0.25) is 0 Å². The van der Waals surface area contributed by atoms with Gasteiger partial charge in [-0.25, -0.2) is 9.97 Å². The van der Waals surface area contributed by atoms with E-state index in [4.69, 9.17) is 14.7 Å². The molecule has 2 aromatic heterocycles. The smallest absolute Gasteiger partial charge is 0.160 e. The van der Waals surface area contributed by atoms with Crippen molar-refractivity contribution in [1.29, 1.82) is 0 Å². The average Bonchev–Trinajstić information content (AvgIpc) is 3.70. The van der Waals surface area contributed by atoms with Gasteiger partial charge in [-0.05, 0) is 47.0 Å². The van der Waals surface area contributed by atoms with E-state index in [2.05, 4.69) is 144 Å². The Kier molecular flexibility index (Phi) is 5.97. The number of nitrogens with zero attached hydrogens (tertiary/aromatic N) is 3. The molecule has 4 nitrogen and oxygen atoms in total. The second-order valence-corrected chi connectivity index (χ2v) is 12.5. The number of ether oxygens (including phenoxy) is 1. The van der Waals surface area contributed by atoms with E-state index in [-0.39, 0.29) is 12.0 Å². The predicted octanol–water partition coefficient (Wildman–Crippen LogP) is 10.6. The van der Waals surface area contributed by atoms with Crippen LogP contribution in [0.15, 0.2) is 164 Å². The summed E-state index contributed by atoms with van der Waals surface area (Å²) in [7, 11) is 0. The van der Waals surface area contributed by atoms with Gasteiger partial charge in [0, 0.05) is 39.0 Å². The fraction of sp³-hybridized carbons (Fsp3) is 0.0455. The summed E-state index contributed by atoms with van der Waals surface area (Å²) < 4.78 is 9.14. The monoisotopic (exact) mass is 615 g/mol. The minimum Gasteiger partial charge on any atom is -0.485 e. The molecule has 2 atom stereocenters. The molecule has 6 aromatic carbocycles. The molecule has 1 aliphatic heterocycles. The maximum Gasteiger partial charge on any atom is 0.160 e. The van der Waals surface area contributed by atoms with Gasteiger partial charge in [0.2, 0.25) is 0 Å². The summed E-state index contributed by atoms with van der Waals surface area (Å²) >= 11 is 0. The van der Waals surface area contributed by atoms with E-state index in [0.29, 0.717) is 0 Å². The van der Waals surface area contributed by atoms with E-state index in [9.17, 15) is 0 Å². The van der Waals surface area contributed by atoms with Crippen molar-refractivity contribution in [3.05, 3.63) is 175 Å². The van der Waals surface area contributed by atoms with Gasteiger partial charge in [-0.15, -0.1) is 0 Å². The zero-order valence-corrected chi connectivity index (χ0v) is 26.0. The number of aromatic nitrogens is 3. The molecule has 4 heteroatoms. The maximum absolute atomic E-state index is 6.76. The minimum absolute atomic E-state index is 0.0174. The highest BCUT2D eigenvalue weighted by Crippen LogP contribution is 2.49. The third-order valence-corrected chi connectivity index (χ3v) is 9.78. The van der Waals surface area contributed by atoms with Gasteiger partial charge in [0.1, 0.15) is 11.9 Å². The van der Waals surface area contributed by atoms with Gasteiger partial charge in [-0.2, -0.15) is 0 Å². The van der Waals surface area contributed by atoms with E-state index in [1.54, 1.807) is 0 Å². The lowest BCUT2D eigenvalue weighted by Crippen LogP contribution is -2.20. The summed E-state index contributed by atoms with van der Waals surface area (Å²) in [4.78, 5) is 10.2. The lowest BCUT2D eigenvalue weighted by atomic mass is 9.82. The van der Waals surface area contributed by atoms with Crippen molar-refractivity contribution < 1.29 is 4.74 Å². The molecule has 48 heavy (non-hydrogen) atoms. The minimum atomic E-state index is -0.119. The summed E-state index contributed by atoms with van der Waals surface area (Å²) in [5.41, 5.74) is 11.0. The standard InChI is InChI=1S/C44H29N3O/c1-3-12-28(13-4-1)30-22-24-33-32-16-8-10-20-38(32)47(39(33)26-30)31-23-25-35-41(27-31)48-40-21-11-18-36(42(35)40)43-34-17-7-9-19-37(34)45-44(46-43)29-14-5-2-6-15-29/h1-27,40,42H. The first-order chi connectivity index (χ1) is 23.8. The molecule has 0 amide bonds. The first-order valence-corrected chi connectivity index (χ1v) is 16.4. The van der Waals surface area contributed by atoms with Crippen LogP contribution in [0.5, 0.6) is 5.75 Å². The Bertz CT molecular complexity index is 2600. The summed E-state index contributed by atoms with van der Waals surface area (Å²) in [5.74, 6) is 1.66. The highest BCUT2D eigenvalue weighted by atomic mass is 16.5. The van der Waals surface area contributed by atoms with Crippen molar-refractivity contribution in [3.63, 3.8) is 0 Å². The van der Waals surface area contributed by atoms with Crippen LogP contribution in [0.4, 0.5) is 0 Å². The molecular weight excluding hydrogens is 587 g/mol. The summed E-state index contributed by atoms with van der Waals surface area (Å²) in [5, 5.41) is 3.51. The molecular formula is C44H29N3O. The van der Waals surface area contributed by atoms with Crippen molar-refractivity contribution in [2.24, 2.45) is 0 Å². The molecule has 0 fully saturated rings. The van der Waals surface area contributed by atoms with E-state index in [0.717, 1.165) is 45.0 Å². The fourth-order valence-electron chi connectivity index (χ4n) is 7.58. The number of fused-ring (bicyclic) bond motifs is 7. The van der Waals surface area contributed by atoms with Gasteiger partial charge in [0.15, 0.2) is 5.82 Å². The number of allylic oxidation sites excluding steroid dienone is 2. The molecule has 0 bridgehead atoms. The Labute approximate surface area is 277 Å². The first-order valence-electron chi connectivity index (χ1n) is 16.4. The van der Waals surface area contributed by atoms with Gasteiger partial charge >= 0.3 is 0 Å². The highest BCUT2D eigenvalue weighted by molar-refractivity contribution is 6.10. The number of hydrogen-bond acceptors (Lipinski definition) is 3. The van der Waals surface area contributed by atoms with Crippen LogP contribution < -0.4 is 4.74 Å². The normalized spacial score (nSPS) is 16.5. The Morgan fingerprint density at radius 3 is 2.15 bits per heavy atom. The topological polar surface area (TPSA) is 39.9 Å². The Balaban J connectivity index is 1.12. The Morgan fingerprint density at radius 2 is 1.29 bits per heavy atom. The number of para-hydroxylation sites is 2. The molecule has 2 unspecified atom stereocenters. The molecule has 10 rings (SSSR count). The summed E-state index contributed by atoms with van der Waals surface area (Å²) in [6.07, 6.45) is 6.37. The van der Waals surface area contributed by atoms with E-state index in [1.807, 2.05) is 24.3 Å². The third kappa shape index (κ3) is 4.16. The quantitative estimate of drug-likeness (QED) is 0.198. The van der Waals surface area contributed by atoms with Crippen LogP contribution >= 0.6 is 0 Å². The largest absolute Gasteiger partial charge is 0.485 e. The Morgan fingerprint density at radius 1 is 0.562 bits per heavy atom. The first kappa shape index (κ1) is 26.9. The van der Waals surface area contributed by atoms with Crippen LogP contribution in [0.2, 0.25) is 0 Å². The summed E-state index contributed by atoms with van der Waals surface area (Å²) in [6.45, 7) is 0. The molecule has 1 aliphatic carbocycles.